The topological polar surface area (TPSA) is 192 Å². The van der Waals surface area contributed by atoms with Crippen molar-refractivity contribution in [3.8, 4) is 45.3 Å². The van der Waals surface area contributed by atoms with E-state index in [9.17, 15) is 9.59 Å². The zero-order chi connectivity index (χ0) is 47.9. The van der Waals surface area contributed by atoms with Crippen molar-refractivity contribution >= 4 is 91.9 Å². The Morgan fingerprint density at radius 3 is 1.84 bits per heavy atom. The van der Waals surface area contributed by atoms with E-state index >= 15 is 0 Å². The van der Waals surface area contributed by atoms with Crippen LogP contribution in [0, 0.1) is 0 Å². The summed E-state index contributed by atoms with van der Waals surface area (Å²) in [5, 5.41) is 18.9. The lowest BCUT2D eigenvalue weighted by molar-refractivity contribution is -0.118. The number of anilines is 2. The first-order valence-electron chi connectivity index (χ1n) is 21.5. The molecule has 0 saturated carbocycles. The zero-order valence-electron chi connectivity index (χ0n) is 37.1. The van der Waals surface area contributed by atoms with E-state index in [4.69, 9.17) is 80.1 Å². The maximum Gasteiger partial charge on any atom is 0.244 e. The molecule has 0 radical (unpaired) electrons. The lowest BCUT2D eigenvalue weighted by Crippen LogP contribution is -2.55. The minimum absolute atomic E-state index is 0.0221. The number of nitrogens with one attached hydrogen (secondary N) is 5. The molecule has 2 saturated heterocycles. The van der Waals surface area contributed by atoms with Crippen molar-refractivity contribution in [3.05, 3.63) is 106 Å². The molecule has 2 aliphatic rings. The van der Waals surface area contributed by atoms with Crippen molar-refractivity contribution in [3.63, 3.8) is 0 Å². The van der Waals surface area contributed by atoms with Gasteiger partial charge in [-0.3, -0.25) is 9.59 Å². The molecule has 2 amide bonds. The van der Waals surface area contributed by atoms with Gasteiger partial charge >= 0.3 is 0 Å². The van der Waals surface area contributed by atoms with Crippen molar-refractivity contribution < 1.29 is 33.3 Å². The lowest BCUT2D eigenvalue weighted by atomic mass is 10.0. The van der Waals surface area contributed by atoms with E-state index in [1.54, 1.807) is 30.6 Å². The van der Waals surface area contributed by atoms with Gasteiger partial charge in [-0.2, -0.15) is 0 Å². The van der Waals surface area contributed by atoms with Crippen LogP contribution in [0.4, 0.5) is 11.9 Å². The van der Waals surface area contributed by atoms with E-state index in [1.165, 1.54) is 33.5 Å². The fourth-order valence-corrected chi connectivity index (χ4v) is 9.50. The van der Waals surface area contributed by atoms with Gasteiger partial charge in [0, 0.05) is 65.7 Å². The number of halogens is 4. The molecule has 354 valence electrons. The number of benzene rings is 4. The number of piperidine rings is 1. The van der Waals surface area contributed by atoms with Gasteiger partial charge in [0.2, 0.25) is 23.7 Å². The first-order chi connectivity index (χ1) is 33.0. The Morgan fingerprint density at radius 2 is 1.26 bits per heavy atom. The summed E-state index contributed by atoms with van der Waals surface area (Å²) in [5.74, 6) is 1.77. The number of amides is 2. The zero-order valence-corrected chi connectivity index (χ0v) is 40.2. The molecule has 2 fully saturated rings. The van der Waals surface area contributed by atoms with Crippen LogP contribution < -0.4 is 45.5 Å². The molecule has 16 nitrogen and oxygen atoms in total. The highest BCUT2D eigenvalue weighted by Gasteiger charge is 2.29. The second-order valence-electron chi connectivity index (χ2n) is 15.8. The first kappa shape index (κ1) is 48.3. The lowest BCUT2D eigenvalue weighted by Gasteiger charge is -2.33. The molecule has 0 aliphatic carbocycles. The number of hydrogen-bond donors (Lipinski definition) is 5. The van der Waals surface area contributed by atoms with Crippen LogP contribution in [-0.4, -0.2) is 110 Å². The van der Waals surface area contributed by atoms with Gasteiger partial charge in [0.05, 0.1) is 83.2 Å². The molecule has 4 atom stereocenters. The van der Waals surface area contributed by atoms with Crippen molar-refractivity contribution in [2.24, 2.45) is 0 Å². The Bertz CT molecular complexity index is 2880. The molecule has 5 N–H and O–H groups in total. The summed E-state index contributed by atoms with van der Waals surface area (Å²) in [4.78, 5) is 43.8. The summed E-state index contributed by atoms with van der Waals surface area (Å²) >= 11 is 27.2. The second kappa shape index (κ2) is 21.9. The van der Waals surface area contributed by atoms with E-state index < -0.39 is 0 Å². The quantitative estimate of drug-likeness (QED) is 0.0582. The molecule has 0 unspecified atom stereocenters. The highest BCUT2D eigenvalue weighted by molar-refractivity contribution is 6.42. The van der Waals surface area contributed by atoms with E-state index in [1.807, 2.05) is 36.4 Å². The van der Waals surface area contributed by atoms with Crippen LogP contribution in [0.15, 0.2) is 85.7 Å². The summed E-state index contributed by atoms with van der Waals surface area (Å²) in [6.45, 7) is 5.75. The molecule has 68 heavy (non-hydrogen) atoms. The average Bonchev–Trinajstić information content (AvgIpc) is 3.34. The smallest absolute Gasteiger partial charge is 0.244 e. The summed E-state index contributed by atoms with van der Waals surface area (Å²) in [6, 6.07) is 13.6. The summed E-state index contributed by atoms with van der Waals surface area (Å²) in [6.07, 6.45) is 9.01. The number of carbonyl (C=O) groups is 2. The van der Waals surface area contributed by atoms with Gasteiger partial charge in [-0.25, -0.2) is 19.9 Å². The van der Waals surface area contributed by atoms with E-state index in [0.29, 0.717) is 110 Å². The van der Waals surface area contributed by atoms with Gasteiger partial charge in [0.1, 0.15) is 29.6 Å². The molecule has 8 rings (SSSR count). The second-order valence-corrected chi connectivity index (χ2v) is 17.3. The molecular weight excluding hydrogens is 956 g/mol. The standard InChI is InChI=1S/C48H47Cl4N9O7/c1-5-39(62)57-34-24-67-16-13-32(34)60-47-54-21-28-18-26(9-11-29(28)58-47)42-45(51)37(66-4)20-38(46(42)52)68-15-6-7-40(63)56-31-12-14-53-23-33(31)61-48-55-22-27-17-25(8-10-30(27)59-48)41-43(49)35(64-2)19-36(65-3)44(41)50/h5-11,17-22,31-34,53H,1,12-16,23-24H2,2-4H3,(H,56,63)(H,57,62)(H,54,58,60)(H,55,59,61)/b7-6+/t31-,32-,33+,34+/m1/s1. The fraction of sp³-hybridized carbons (Fsp3) is 0.292. The van der Waals surface area contributed by atoms with Crippen molar-refractivity contribution in [1.29, 1.82) is 0 Å². The number of nitrogens with zero attached hydrogens (tertiary/aromatic N) is 4. The molecular formula is C48H47Cl4N9O7. The SMILES string of the molecule is C=CC(=O)N[C@H]1COCC[C@H]1Nc1ncc2cc(-c3c(Cl)c(OC)cc(OC/C=C/C(=O)N[C@@H]4CCNC[C@@H]4Nc4ncc5cc(-c6c(Cl)c(OC)cc(OC)c6Cl)ccc5n4)c3Cl)ccc2n1. The number of methoxy groups -OCH3 is 3. The number of hydrogen-bond acceptors (Lipinski definition) is 14. The maximum atomic E-state index is 13.2. The number of fused-ring (bicyclic) bond motifs is 2. The first-order valence-corrected chi connectivity index (χ1v) is 23.0. The van der Waals surface area contributed by atoms with Crippen molar-refractivity contribution in [2.75, 3.05) is 64.9 Å². The van der Waals surface area contributed by atoms with Gasteiger partial charge in [-0.1, -0.05) is 65.1 Å². The predicted molar refractivity (Wildman–Crippen MR) is 266 cm³/mol. The molecule has 4 heterocycles. The van der Waals surface area contributed by atoms with E-state index in [-0.39, 0.29) is 47.6 Å². The monoisotopic (exact) mass is 1000 g/mol. The molecule has 2 aliphatic heterocycles. The Balaban J connectivity index is 0.903. The third-order valence-electron chi connectivity index (χ3n) is 11.6. The fourth-order valence-electron chi connectivity index (χ4n) is 8.08. The third kappa shape index (κ3) is 10.8. The van der Waals surface area contributed by atoms with Crippen molar-refractivity contribution in [1.82, 2.24) is 35.9 Å². The number of aromatic nitrogens is 4. The summed E-state index contributed by atoms with van der Waals surface area (Å²) < 4.78 is 28.1. The third-order valence-corrected chi connectivity index (χ3v) is 13.1. The van der Waals surface area contributed by atoms with Crippen LogP contribution in [0.5, 0.6) is 23.0 Å². The Labute approximate surface area is 412 Å². The van der Waals surface area contributed by atoms with Crippen LogP contribution in [-0.2, 0) is 14.3 Å². The summed E-state index contributed by atoms with van der Waals surface area (Å²) in [5.41, 5.74) is 3.86. The molecule has 0 bridgehead atoms. The Hall–Kier alpha value is -6.14. The largest absolute Gasteiger partial charge is 0.495 e. The maximum absolute atomic E-state index is 13.2. The average molecular weight is 1000 g/mol. The van der Waals surface area contributed by atoms with Gasteiger partial charge in [0.25, 0.3) is 0 Å². The minimum Gasteiger partial charge on any atom is -0.495 e. The van der Waals surface area contributed by atoms with Crippen LogP contribution in [0.2, 0.25) is 20.1 Å². The minimum atomic E-state index is -0.296. The van der Waals surface area contributed by atoms with Crippen LogP contribution in [0.3, 0.4) is 0 Å². The number of ether oxygens (including phenoxy) is 5. The molecule has 4 aromatic carbocycles. The number of carbonyl (C=O) groups excluding carboxylic acids is 2. The van der Waals surface area contributed by atoms with Gasteiger partial charge in [0.15, 0.2) is 0 Å². The molecule has 0 spiro atoms. The highest BCUT2D eigenvalue weighted by atomic mass is 35.5. The van der Waals surface area contributed by atoms with E-state index in [2.05, 4.69) is 43.1 Å². The van der Waals surface area contributed by atoms with E-state index in [0.717, 1.165) is 22.9 Å². The normalized spacial score (nSPS) is 18.2. The van der Waals surface area contributed by atoms with Crippen molar-refractivity contribution in [2.45, 2.75) is 37.0 Å². The summed E-state index contributed by atoms with van der Waals surface area (Å²) in [7, 11) is 4.56. The van der Waals surface area contributed by atoms with Gasteiger partial charge < -0.3 is 50.3 Å². The molecule has 6 aromatic rings. The molecule has 2 aromatic heterocycles. The molecule has 20 heteroatoms. The van der Waals surface area contributed by atoms with Gasteiger partial charge in [-0.15, -0.1) is 0 Å². The van der Waals surface area contributed by atoms with Crippen LogP contribution in [0.25, 0.3) is 44.1 Å². The van der Waals surface area contributed by atoms with Crippen LogP contribution in [0.1, 0.15) is 12.8 Å². The predicted octanol–water partition coefficient (Wildman–Crippen LogP) is 8.31. The Kier molecular flexibility index (Phi) is 15.5. The van der Waals surface area contributed by atoms with Crippen LogP contribution >= 0.6 is 46.4 Å². The number of rotatable bonds is 16. The Morgan fingerprint density at radius 1 is 0.721 bits per heavy atom. The van der Waals surface area contributed by atoms with Gasteiger partial charge in [-0.05, 0) is 66.9 Å². The highest BCUT2D eigenvalue weighted by Crippen LogP contribution is 2.48.